The maximum absolute atomic E-state index is 13.2. The number of aliphatic hydroxyl groups excluding tert-OH is 1. The number of likely N-dealkylation sites (tertiary alicyclic amines) is 2. The van der Waals surface area contributed by atoms with E-state index in [4.69, 9.17) is 9.47 Å². The van der Waals surface area contributed by atoms with Crippen LogP contribution in [-0.2, 0) is 9.59 Å². The number of carbonyl (C=O) groups is 2. The first-order valence-electron chi connectivity index (χ1n) is 11.6. The van der Waals surface area contributed by atoms with Crippen LogP contribution in [0.3, 0.4) is 0 Å². The quantitative estimate of drug-likeness (QED) is 0.221. The molecule has 5 rings (SSSR count). The molecule has 10 heteroatoms. The molecule has 10 nitrogen and oxygen atoms in total. The van der Waals surface area contributed by atoms with Gasteiger partial charge in [0.25, 0.3) is 17.4 Å². The Balaban J connectivity index is 1.56. The number of hydrogen-bond donors (Lipinski definition) is 1. The highest BCUT2D eigenvalue weighted by Gasteiger charge is 2.46. The minimum absolute atomic E-state index is 0.0537. The van der Waals surface area contributed by atoms with Crippen LogP contribution in [0, 0.1) is 10.1 Å². The third kappa shape index (κ3) is 4.32. The number of ketones is 1. The number of aliphatic hydroxyl groups is 1. The summed E-state index contributed by atoms with van der Waals surface area (Å²) in [5.74, 6) is -0.845. The topological polar surface area (TPSA) is 122 Å². The Labute approximate surface area is 201 Å². The largest absolute Gasteiger partial charge is 0.507 e. The Morgan fingerprint density at radius 3 is 2.37 bits per heavy atom. The molecular formula is C25H25N3O7. The van der Waals surface area contributed by atoms with Gasteiger partial charge in [-0.2, -0.15) is 0 Å². The number of hydrogen-bond acceptors (Lipinski definition) is 8. The van der Waals surface area contributed by atoms with Crippen molar-refractivity contribution < 1.29 is 29.1 Å². The van der Waals surface area contributed by atoms with E-state index in [9.17, 15) is 24.8 Å². The SMILES string of the molecule is O=C1C(=O)N(CCN2CCCC2)C(c2ccc([N+](=O)[O-])cc2)/C1=C(\O)c1ccc2c(c1)OCCO2. The molecular weight excluding hydrogens is 454 g/mol. The summed E-state index contributed by atoms with van der Waals surface area (Å²) in [5.41, 5.74) is 0.672. The molecule has 1 N–H and O–H groups in total. The molecule has 3 aliphatic heterocycles. The Hall–Kier alpha value is -3.92. The number of carbonyl (C=O) groups excluding carboxylic acids is 2. The lowest BCUT2D eigenvalue weighted by atomic mass is 9.95. The molecule has 2 aromatic carbocycles. The van der Waals surface area contributed by atoms with Crippen LogP contribution in [0.5, 0.6) is 11.5 Å². The van der Waals surface area contributed by atoms with E-state index in [-0.39, 0.29) is 17.0 Å². The summed E-state index contributed by atoms with van der Waals surface area (Å²) < 4.78 is 11.1. The molecule has 1 atom stereocenters. The van der Waals surface area contributed by atoms with Gasteiger partial charge in [-0.1, -0.05) is 0 Å². The lowest BCUT2D eigenvalue weighted by Crippen LogP contribution is -2.37. The van der Waals surface area contributed by atoms with Gasteiger partial charge in [0.05, 0.1) is 16.5 Å². The number of fused-ring (bicyclic) bond motifs is 1. The fourth-order valence-corrected chi connectivity index (χ4v) is 4.84. The summed E-state index contributed by atoms with van der Waals surface area (Å²) in [5, 5.41) is 22.4. The molecule has 35 heavy (non-hydrogen) atoms. The van der Waals surface area contributed by atoms with E-state index in [0.717, 1.165) is 25.9 Å². The summed E-state index contributed by atoms with van der Waals surface area (Å²) in [6, 6.07) is 9.67. The normalized spacial score (nSPS) is 21.5. The van der Waals surface area contributed by atoms with E-state index in [0.29, 0.717) is 48.9 Å². The van der Waals surface area contributed by atoms with Crippen LogP contribution in [0.1, 0.15) is 30.0 Å². The second-order valence-corrected chi connectivity index (χ2v) is 8.75. The molecule has 0 aliphatic carbocycles. The summed E-state index contributed by atoms with van der Waals surface area (Å²) in [6.07, 6.45) is 2.18. The predicted octanol–water partition coefficient (Wildman–Crippen LogP) is 2.88. The van der Waals surface area contributed by atoms with E-state index in [1.54, 1.807) is 18.2 Å². The number of rotatable bonds is 6. The molecule has 1 amide bonds. The van der Waals surface area contributed by atoms with Crippen LogP contribution >= 0.6 is 0 Å². The van der Waals surface area contributed by atoms with Crippen molar-refractivity contribution in [2.75, 3.05) is 39.4 Å². The maximum atomic E-state index is 13.2. The van der Waals surface area contributed by atoms with Crippen LogP contribution in [0.2, 0.25) is 0 Å². The number of benzene rings is 2. The van der Waals surface area contributed by atoms with Crippen molar-refractivity contribution in [2.45, 2.75) is 18.9 Å². The molecule has 182 valence electrons. The number of nitro groups is 1. The molecule has 2 aromatic rings. The fraction of sp³-hybridized carbons (Fsp3) is 0.360. The minimum atomic E-state index is -0.869. The molecule has 2 saturated heterocycles. The zero-order chi connectivity index (χ0) is 24.5. The highest BCUT2D eigenvalue weighted by atomic mass is 16.6. The van der Waals surface area contributed by atoms with Gasteiger partial charge in [0.2, 0.25) is 0 Å². The van der Waals surface area contributed by atoms with Crippen LogP contribution < -0.4 is 9.47 Å². The van der Waals surface area contributed by atoms with Gasteiger partial charge in [0, 0.05) is 30.8 Å². The highest BCUT2D eigenvalue weighted by molar-refractivity contribution is 6.46. The number of non-ortho nitro benzene ring substituents is 1. The van der Waals surface area contributed by atoms with E-state index in [1.807, 2.05) is 0 Å². The van der Waals surface area contributed by atoms with Gasteiger partial charge in [-0.15, -0.1) is 0 Å². The number of Topliss-reactive ketones (excluding diaryl/α,β-unsaturated/α-hetero) is 1. The fourth-order valence-electron chi connectivity index (χ4n) is 4.84. The van der Waals surface area contributed by atoms with Crippen molar-refractivity contribution in [3.05, 3.63) is 69.3 Å². The number of ether oxygens (including phenoxy) is 2. The van der Waals surface area contributed by atoms with E-state index in [1.165, 1.54) is 29.2 Å². The zero-order valence-corrected chi connectivity index (χ0v) is 19.0. The van der Waals surface area contributed by atoms with Crippen molar-refractivity contribution in [1.82, 2.24) is 9.80 Å². The molecule has 0 bridgehead atoms. The first kappa shape index (κ1) is 22.9. The Bertz CT molecular complexity index is 1200. The van der Waals surface area contributed by atoms with Crippen LogP contribution in [-0.4, -0.2) is 70.9 Å². The van der Waals surface area contributed by atoms with Crippen LogP contribution in [0.25, 0.3) is 5.76 Å². The molecule has 3 aliphatic rings. The van der Waals surface area contributed by atoms with Crippen molar-refractivity contribution in [2.24, 2.45) is 0 Å². The molecule has 2 fully saturated rings. The summed E-state index contributed by atoms with van der Waals surface area (Å²) >= 11 is 0. The lowest BCUT2D eigenvalue weighted by Gasteiger charge is -2.27. The van der Waals surface area contributed by atoms with Crippen LogP contribution in [0.15, 0.2) is 48.0 Å². The zero-order valence-electron chi connectivity index (χ0n) is 19.0. The predicted molar refractivity (Wildman–Crippen MR) is 125 cm³/mol. The van der Waals surface area contributed by atoms with Gasteiger partial charge in [0.1, 0.15) is 19.0 Å². The van der Waals surface area contributed by atoms with Crippen molar-refractivity contribution in [3.8, 4) is 11.5 Å². The number of nitrogens with zero attached hydrogens (tertiary/aromatic N) is 3. The van der Waals surface area contributed by atoms with Crippen molar-refractivity contribution in [3.63, 3.8) is 0 Å². The van der Waals surface area contributed by atoms with E-state index < -0.39 is 22.7 Å². The third-order valence-electron chi connectivity index (χ3n) is 6.63. The van der Waals surface area contributed by atoms with E-state index >= 15 is 0 Å². The Morgan fingerprint density at radius 1 is 1.00 bits per heavy atom. The molecule has 0 radical (unpaired) electrons. The first-order chi connectivity index (χ1) is 16.9. The van der Waals surface area contributed by atoms with Gasteiger partial charge in [0.15, 0.2) is 11.5 Å². The summed E-state index contributed by atoms with van der Waals surface area (Å²) in [7, 11) is 0. The Morgan fingerprint density at radius 2 is 1.69 bits per heavy atom. The second kappa shape index (κ2) is 9.38. The molecule has 3 heterocycles. The third-order valence-corrected chi connectivity index (χ3v) is 6.63. The number of amides is 1. The molecule has 0 spiro atoms. The van der Waals surface area contributed by atoms with Crippen LogP contribution in [0.4, 0.5) is 5.69 Å². The van der Waals surface area contributed by atoms with Gasteiger partial charge < -0.3 is 24.4 Å². The lowest BCUT2D eigenvalue weighted by molar-refractivity contribution is -0.384. The Kier molecular flexibility index (Phi) is 6.12. The average molecular weight is 479 g/mol. The maximum Gasteiger partial charge on any atom is 0.295 e. The molecule has 0 aromatic heterocycles. The monoisotopic (exact) mass is 479 g/mol. The van der Waals surface area contributed by atoms with Gasteiger partial charge in [-0.25, -0.2) is 0 Å². The molecule has 0 saturated carbocycles. The van der Waals surface area contributed by atoms with E-state index in [2.05, 4.69) is 4.90 Å². The van der Waals surface area contributed by atoms with Crippen molar-refractivity contribution in [1.29, 1.82) is 0 Å². The minimum Gasteiger partial charge on any atom is -0.507 e. The highest BCUT2D eigenvalue weighted by Crippen LogP contribution is 2.41. The average Bonchev–Trinajstić information content (AvgIpc) is 3.48. The second-order valence-electron chi connectivity index (χ2n) is 8.75. The standard InChI is InChI=1S/C25H25N3O7/c29-23(17-5-8-19-20(15-17)35-14-13-34-19)21-22(16-3-6-18(7-4-16)28(32)33)27(25(31)24(21)30)12-11-26-9-1-2-10-26/h3-8,15,22,29H,1-2,9-14H2/b23-21+. The number of nitro benzene ring substituents is 1. The van der Waals surface area contributed by atoms with Gasteiger partial charge in [-0.3, -0.25) is 19.7 Å². The first-order valence-corrected chi connectivity index (χ1v) is 11.6. The van der Waals surface area contributed by atoms with Gasteiger partial charge >= 0.3 is 0 Å². The van der Waals surface area contributed by atoms with Crippen molar-refractivity contribution >= 4 is 23.1 Å². The van der Waals surface area contributed by atoms with Gasteiger partial charge in [-0.05, 0) is 61.8 Å². The molecule has 1 unspecified atom stereocenters. The smallest absolute Gasteiger partial charge is 0.295 e. The summed E-state index contributed by atoms with van der Waals surface area (Å²) in [6.45, 7) is 3.54. The summed E-state index contributed by atoms with van der Waals surface area (Å²) in [4.78, 5) is 40.6.